The van der Waals surface area contributed by atoms with Gasteiger partial charge < -0.3 is 49.6 Å². The standard InChI is InChI=1S/C17H26O10/c1-24-10-4-8(5-11(25-2)13(10)20)3-9(19)7-26-17-16(23)15(22)14(21)12(6-18)27-17/h4-5,9,12,14-23H,3,6-7H2,1-2H3/t9?,12-,14-,15+,16-,17-/m1/s1. The van der Waals surface area contributed by atoms with Crippen molar-refractivity contribution in [1.82, 2.24) is 0 Å². The van der Waals surface area contributed by atoms with Gasteiger partial charge in [-0.1, -0.05) is 0 Å². The zero-order valence-electron chi connectivity index (χ0n) is 15.1. The third-order valence-electron chi connectivity index (χ3n) is 4.31. The fourth-order valence-electron chi connectivity index (χ4n) is 2.81. The highest BCUT2D eigenvalue weighted by atomic mass is 16.7. The van der Waals surface area contributed by atoms with Gasteiger partial charge in [0.05, 0.1) is 33.5 Å². The Balaban J connectivity index is 1.97. The second kappa shape index (κ2) is 9.51. The SMILES string of the molecule is COc1cc(CC(O)CO[C@@H]2O[C@H](CO)[C@@H](O)[C@H](O)[C@H]2O)cc(OC)c1O. The smallest absolute Gasteiger partial charge is 0.200 e. The number of ether oxygens (including phenoxy) is 4. The van der Waals surface area contributed by atoms with Crippen molar-refractivity contribution in [2.24, 2.45) is 0 Å². The van der Waals surface area contributed by atoms with Crippen LogP contribution < -0.4 is 9.47 Å². The molecule has 10 heteroatoms. The Bertz CT molecular complexity index is 582. The van der Waals surface area contributed by atoms with Crippen LogP contribution in [0.4, 0.5) is 0 Å². The summed E-state index contributed by atoms with van der Waals surface area (Å²) in [6, 6.07) is 3.07. The molecular weight excluding hydrogens is 364 g/mol. The second-order valence-electron chi connectivity index (χ2n) is 6.24. The lowest BCUT2D eigenvalue weighted by molar-refractivity contribution is -0.304. The number of aromatic hydroxyl groups is 1. The van der Waals surface area contributed by atoms with Crippen LogP contribution in [-0.2, 0) is 15.9 Å². The molecular formula is C17H26O10. The topological polar surface area (TPSA) is 158 Å². The zero-order valence-corrected chi connectivity index (χ0v) is 15.1. The number of rotatable bonds is 8. The molecule has 2 rings (SSSR count). The zero-order chi connectivity index (χ0) is 20.1. The molecule has 10 nitrogen and oxygen atoms in total. The minimum atomic E-state index is -1.55. The maximum atomic E-state index is 10.2. The molecule has 0 amide bonds. The van der Waals surface area contributed by atoms with Crippen LogP contribution in [0.25, 0.3) is 0 Å². The van der Waals surface area contributed by atoms with Crippen LogP contribution in [0.15, 0.2) is 12.1 Å². The van der Waals surface area contributed by atoms with Crippen molar-refractivity contribution in [3.63, 3.8) is 0 Å². The number of phenols is 1. The van der Waals surface area contributed by atoms with Crippen LogP contribution in [0.3, 0.4) is 0 Å². The van der Waals surface area contributed by atoms with Crippen molar-refractivity contribution in [3.05, 3.63) is 17.7 Å². The lowest BCUT2D eigenvalue weighted by Crippen LogP contribution is -2.59. The fraction of sp³-hybridized carbons (Fsp3) is 0.647. The van der Waals surface area contributed by atoms with E-state index in [0.29, 0.717) is 5.56 Å². The van der Waals surface area contributed by atoms with E-state index in [4.69, 9.17) is 24.1 Å². The molecule has 0 aliphatic carbocycles. The summed E-state index contributed by atoms with van der Waals surface area (Å²) in [5.41, 5.74) is 0.603. The van der Waals surface area contributed by atoms with Gasteiger partial charge in [0.2, 0.25) is 5.75 Å². The third kappa shape index (κ3) is 4.99. The number of aliphatic hydroxyl groups excluding tert-OH is 5. The van der Waals surface area contributed by atoms with Crippen molar-refractivity contribution in [2.75, 3.05) is 27.4 Å². The Kier molecular flexibility index (Phi) is 7.62. The van der Waals surface area contributed by atoms with Gasteiger partial charge in [-0.25, -0.2) is 0 Å². The number of methoxy groups -OCH3 is 2. The van der Waals surface area contributed by atoms with Gasteiger partial charge in [-0.05, 0) is 17.7 Å². The van der Waals surface area contributed by atoms with E-state index in [1.54, 1.807) is 0 Å². The number of aliphatic hydroxyl groups is 5. The Morgan fingerprint density at radius 3 is 2.15 bits per heavy atom. The van der Waals surface area contributed by atoms with E-state index < -0.39 is 43.4 Å². The second-order valence-corrected chi connectivity index (χ2v) is 6.24. The van der Waals surface area contributed by atoms with Gasteiger partial charge in [-0.15, -0.1) is 0 Å². The van der Waals surface area contributed by atoms with Crippen molar-refractivity contribution in [2.45, 2.75) is 43.2 Å². The van der Waals surface area contributed by atoms with Crippen LogP contribution in [0.5, 0.6) is 17.2 Å². The van der Waals surface area contributed by atoms with Gasteiger partial charge in [0.15, 0.2) is 17.8 Å². The van der Waals surface area contributed by atoms with Crippen molar-refractivity contribution >= 4 is 0 Å². The molecule has 0 aromatic heterocycles. The molecule has 1 aromatic rings. The first-order valence-electron chi connectivity index (χ1n) is 8.36. The summed E-state index contributed by atoms with van der Waals surface area (Å²) >= 11 is 0. The summed E-state index contributed by atoms with van der Waals surface area (Å²) in [4.78, 5) is 0. The molecule has 1 aliphatic rings. The predicted octanol–water partition coefficient (Wildman–Crippen LogP) is -1.87. The molecule has 6 atom stereocenters. The lowest BCUT2D eigenvalue weighted by atomic mass is 9.99. The van der Waals surface area contributed by atoms with E-state index in [0.717, 1.165) is 0 Å². The molecule has 0 bridgehead atoms. The average molecular weight is 390 g/mol. The molecule has 0 radical (unpaired) electrons. The normalized spacial score (nSPS) is 29.4. The number of phenolic OH excluding ortho intramolecular Hbond substituents is 1. The fourth-order valence-corrected chi connectivity index (χ4v) is 2.81. The van der Waals surface area contributed by atoms with E-state index in [9.17, 15) is 25.5 Å². The maximum Gasteiger partial charge on any atom is 0.200 e. The monoisotopic (exact) mass is 390 g/mol. The van der Waals surface area contributed by atoms with Gasteiger partial charge in [-0.3, -0.25) is 0 Å². The first-order valence-corrected chi connectivity index (χ1v) is 8.36. The Labute approximate surface area is 156 Å². The van der Waals surface area contributed by atoms with Gasteiger partial charge in [0.25, 0.3) is 0 Å². The molecule has 1 heterocycles. The molecule has 1 fully saturated rings. The molecule has 154 valence electrons. The summed E-state index contributed by atoms with van der Waals surface area (Å²) in [6.45, 7) is -0.825. The summed E-state index contributed by atoms with van der Waals surface area (Å²) in [6.07, 6.45) is -7.88. The Morgan fingerprint density at radius 2 is 1.63 bits per heavy atom. The number of hydrogen-bond donors (Lipinski definition) is 6. The third-order valence-corrected chi connectivity index (χ3v) is 4.31. The lowest BCUT2D eigenvalue weighted by Gasteiger charge is -2.39. The molecule has 0 spiro atoms. The van der Waals surface area contributed by atoms with Gasteiger partial charge in [-0.2, -0.15) is 0 Å². The number of hydrogen-bond acceptors (Lipinski definition) is 10. The maximum absolute atomic E-state index is 10.2. The summed E-state index contributed by atoms with van der Waals surface area (Å²) in [5.74, 6) is 0.216. The van der Waals surface area contributed by atoms with Gasteiger partial charge in [0.1, 0.15) is 24.4 Å². The minimum Gasteiger partial charge on any atom is -0.502 e. The number of benzene rings is 1. The van der Waals surface area contributed by atoms with Crippen LogP contribution in [-0.4, -0.2) is 94.9 Å². The van der Waals surface area contributed by atoms with Crippen molar-refractivity contribution in [1.29, 1.82) is 0 Å². The Morgan fingerprint density at radius 1 is 1.04 bits per heavy atom. The average Bonchev–Trinajstić information content (AvgIpc) is 2.66. The minimum absolute atomic E-state index is 0.115. The van der Waals surface area contributed by atoms with Crippen LogP contribution >= 0.6 is 0 Å². The van der Waals surface area contributed by atoms with Gasteiger partial charge >= 0.3 is 0 Å². The van der Waals surface area contributed by atoms with E-state index in [-0.39, 0.29) is 30.3 Å². The first-order chi connectivity index (χ1) is 12.8. The van der Waals surface area contributed by atoms with E-state index in [2.05, 4.69) is 0 Å². The summed E-state index contributed by atoms with van der Waals surface area (Å²) < 4.78 is 20.6. The van der Waals surface area contributed by atoms with Crippen LogP contribution in [0, 0.1) is 0 Å². The molecule has 1 saturated heterocycles. The highest BCUT2D eigenvalue weighted by Gasteiger charge is 2.44. The van der Waals surface area contributed by atoms with E-state index in [1.165, 1.54) is 26.4 Å². The highest BCUT2D eigenvalue weighted by molar-refractivity contribution is 5.52. The summed E-state index contributed by atoms with van der Waals surface area (Å²) in [7, 11) is 2.77. The largest absolute Gasteiger partial charge is 0.502 e. The molecule has 27 heavy (non-hydrogen) atoms. The van der Waals surface area contributed by atoms with Crippen molar-refractivity contribution < 1.29 is 49.6 Å². The molecule has 1 aliphatic heterocycles. The molecule has 6 N–H and O–H groups in total. The molecule has 1 unspecified atom stereocenters. The predicted molar refractivity (Wildman–Crippen MR) is 90.6 cm³/mol. The van der Waals surface area contributed by atoms with E-state index >= 15 is 0 Å². The van der Waals surface area contributed by atoms with E-state index in [1.807, 2.05) is 0 Å². The van der Waals surface area contributed by atoms with Crippen LogP contribution in [0.2, 0.25) is 0 Å². The molecule has 1 aromatic carbocycles. The first kappa shape index (κ1) is 21.6. The van der Waals surface area contributed by atoms with Crippen LogP contribution in [0.1, 0.15) is 5.56 Å². The molecule has 0 saturated carbocycles. The summed E-state index contributed by atoms with van der Waals surface area (Å²) in [5, 5.41) is 58.6. The van der Waals surface area contributed by atoms with Crippen molar-refractivity contribution in [3.8, 4) is 17.2 Å². The highest BCUT2D eigenvalue weighted by Crippen LogP contribution is 2.37. The van der Waals surface area contributed by atoms with Gasteiger partial charge in [0, 0.05) is 6.42 Å². The Hall–Kier alpha value is -1.66. The quantitative estimate of drug-likeness (QED) is 0.297.